The van der Waals surface area contributed by atoms with E-state index in [1.165, 1.54) is 18.2 Å². The second-order valence-electron chi connectivity index (χ2n) is 3.80. The number of alkyl halides is 3. The van der Waals surface area contributed by atoms with Crippen LogP contribution >= 0.6 is 11.6 Å². The second-order valence-corrected chi connectivity index (χ2v) is 4.20. The van der Waals surface area contributed by atoms with Gasteiger partial charge in [0, 0.05) is 12.0 Å². The molecule has 19 heavy (non-hydrogen) atoms. The Morgan fingerprint density at radius 3 is 2.68 bits per heavy atom. The van der Waals surface area contributed by atoms with Gasteiger partial charge in [-0.15, -0.1) is 0 Å². The SMILES string of the molecule is Oc1cc(-c2nc(CCC(F)(F)F)no2)ccc1Cl. The Labute approximate surface area is 110 Å². The Morgan fingerprint density at radius 2 is 2.05 bits per heavy atom. The average molecular weight is 293 g/mol. The molecule has 2 rings (SSSR count). The highest BCUT2D eigenvalue weighted by atomic mass is 35.5. The average Bonchev–Trinajstić information content (AvgIpc) is 2.78. The van der Waals surface area contributed by atoms with Gasteiger partial charge in [0.05, 0.1) is 11.4 Å². The third kappa shape index (κ3) is 3.60. The van der Waals surface area contributed by atoms with E-state index in [0.29, 0.717) is 5.56 Å². The topological polar surface area (TPSA) is 59.2 Å². The summed E-state index contributed by atoms with van der Waals surface area (Å²) in [5.41, 5.74) is 0.382. The minimum atomic E-state index is -4.26. The Balaban J connectivity index is 2.14. The second kappa shape index (κ2) is 5.08. The lowest BCUT2D eigenvalue weighted by Crippen LogP contribution is -2.09. The third-order valence-corrected chi connectivity index (χ3v) is 2.61. The van der Waals surface area contributed by atoms with Crippen LogP contribution in [0.2, 0.25) is 5.02 Å². The van der Waals surface area contributed by atoms with E-state index in [1.807, 2.05) is 0 Å². The molecule has 102 valence electrons. The quantitative estimate of drug-likeness (QED) is 0.939. The van der Waals surface area contributed by atoms with E-state index in [2.05, 4.69) is 10.1 Å². The molecule has 0 saturated carbocycles. The largest absolute Gasteiger partial charge is 0.506 e. The molecule has 1 N–H and O–H groups in total. The molecule has 8 heteroatoms. The maximum Gasteiger partial charge on any atom is 0.389 e. The molecule has 1 aromatic carbocycles. The highest BCUT2D eigenvalue weighted by molar-refractivity contribution is 6.32. The number of halogens is 4. The highest BCUT2D eigenvalue weighted by Gasteiger charge is 2.27. The minimum Gasteiger partial charge on any atom is -0.506 e. The van der Waals surface area contributed by atoms with E-state index in [-0.39, 0.29) is 28.9 Å². The van der Waals surface area contributed by atoms with Crippen molar-refractivity contribution in [3.05, 3.63) is 29.0 Å². The van der Waals surface area contributed by atoms with Gasteiger partial charge in [-0.2, -0.15) is 18.2 Å². The number of nitrogens with zero attached hydrogens (tertiary/aromatic N) is 2. The van der Waals surface area contributed by atoms with Gasteiger partial charge in [0.25, 0.3) is 5.89 Å². The van der Waals surface area contributed by atoms with Gasteiger partial charge in [-0.3, -0.25) is 0 Å². The van der Waals surface area contributed by atoms with Gasteiger partial charge in [-0.05, 0) is 18.2 Å². The molecule has 2 aromatic rings. The molecule has 0 amide bonds. The number of benzene rings is 1. The van der Waals surface area contributed by atoms with Crippen LogP contribution in [0.3, 0.4) is 0 Å². The lowest BCUT2D eigenvalue weighted by atomic mass is 10.2. The van der Waals surface area contributed by atoms with E-state index in [1.54, 1.807) is 0 Å². The van der Waals surface area contributed by atoms with Gasteiger partial charge in [0.1, 0.15) is 5.75 Å². The first-order chi connectivity index (χ1) is 8.85. The van der Waals surface area contributed by atoms with Crippen molar-refractivity contribution in [1.29, 1.82) is 0 Å². The summed E-state index contributed by atoms with van der Waals surface area (Å²) in [5, 5.41) is 13.0. The standard InChI is InChI=1S/C11H8ClF3N2O2/c12-7-2-1-6(5-8(7)18)10-16-9(17-19-10)3-4-11(13,14)15/h1-2,5,18H,3-4H2. The van der Waals surface area contributed by atoms with Crippen LogP contribution in [0.25, 0.3) is 11.5 Å². The van der Waals surface area contributed by atoms with Crippen LogP contribution in [0, 0.1) is 0 Å². The summed E-state index contributed by atoms with van der Waals surface area (Å²) >= 11 is 5.63. The van der Waals surface area contributed by atoms with Gasteiger partial charge < -0.3 is 9.63 Å². The molecular formula is C11H8ClF3N2O2. The molecule has 0 radical (unpaired) electrons. The molecule has 0 saturated heterocycles. The molecule has 0 aliphatic heterocycles. The fourth-order valence-corrected chi connectivity index (χ4v) is 1.49. The summed E-state index contributed by atoms with van der Waals surface area (Å²) in [7, 11) is 0. The van der Waals surface area contributed by atoms with Crippen molar-refractivity contribution in [3.8, 4) is 17.2 Å². The highest BCUT2D eigenvalue weighted by Crippen LogP contribution is 2.29. The summed E-state index contributed by atoms with van der Waals surface area (Å²) in [5.74, 6) is -0.180. The van der Waals surface area contributed by atoms with Crippen molar-refractivity contribution < 1.29 is 22.8 Å². The summed E-state index contributed by atoms with van der Waals surface area (Å²) < 4.78 is 40.9. The normalized spacial score (nSPS) is 11.8. The van der Waals surface area contributed by atoms with Crippen molar-refractivity contribution in [1.82, 2.24) is 10.1 Å². The fourth-order valence-electron chi connectivity index (χ4n) is 1.37. The first-order valence-corrected chi connectivity index (χ1v) is 5.61. The first-order valence-electron chi connectivity index (χ1n) is 5.23. The Morgan fingerprint density at radius 1 is 1.32 bits per heavy atom. The number of hydrogen-bond donors (Lipinski definition) is 1. The van der Waals surface area contributed by atoms with Crippen LogP contribution in [0.1, 0.15) is 12.2 Å². The van der Waals surface area contributed by atoms with Crippen LogP contribution in [-0.4, -0.2) is 21.4 Å². The van der Waals surface area contributed by atoms with Crippen molar-refractivity contribution in [2.45, 2.75) is 19.0 Å². The molecule has 4 nitrogen and oxygen atoms in total. The molecule has 0 aliphatic rings. The van der Waals surface area contributed by atoms with Crippen molar-refractivity contribution in [2.75, 3.05) is 0 Å². The summed E-state index contributed by atoms with van der Waals surface area (Å²) in [6.07, 6.45) is -5.64. The number of aromatic nitrogens is 2. The van der Waals surface area contributed by atoms with E-state index in [4.69, 9.17) is 16.1 Å². The Bertz CT molecular complexity index is 584. The number of phenolic OH excluding ortho intramolecular Hbond substituents is 1. The van der Waals surface area contributed by atoms with Gasteiger partial charge in [0.2, 0.25) is 0 Å². The van der Waals surface area contributed by atoms with Gasteiger partial charge in [-0.1, -0.05) is 16.8 Å². The van der Waals surface area contributed by atoms with Crippen LogP contribution in [0.5, 0.6) is 5.75 Å². The predicted octanol–water partition coefficient (Wildman–Crippen LogP) is 3.59. The van der Waals surface area contributed by atoms with Gasteiger partial charge in [0.15, 0.2) is 5.82 Å². The molecule has 1 heterocycles. The number of rotatable bonds is 3. The Hall–Kier alpha value is -1.76. The first kappa shape index (κ1) is 13.7. The number of aryl methyl sites for hydroxylation is 1. The molecule has 0 fully saturated rings. The number of hydrogen-bond acceptors (Lipinski definition) is 4. The fraction of sp³-hybridized carbons (Fsp3) is 0.273. The summed E-state index contributed by atoms with van der Waals surface area (Å²) in [4.78, 5) is 3.82. The van der Waals surface area contributed by atoms with Crippen LogP contribution in [-0.2, 0) is 6.42 Å². The predicted molar refractivity (Wildman–Crippen MR) is 60.8 cm³/mol. The van der Waals surface area contributed by atoms with Crippen LogP contribution < -0.4 is 0 Å². The summed E-state index contributed by atoms with van der Waals surface area (Å²) in [6, 6.07) is 4.23. The molecule has 0 bridgehead atoms. The van der Waals surface area contributed by atoms with E-state index in [9.17, 15) is 18.3 Å². The number of aromatic hydroxyl groups is 1. The molecule has 0 aliphatic carbocycles. The molecule has 0 atom stereocenters. The lowest BCUT2D eigenvalue weighted by molar-refractivity contribution is -0.134. The van der Waals surface area contributed by atoms with Crippen LogP contribution in [0.4, 0.5) is 13.2 Å². The third-order valence-electron chi connectivity index (χ3n) is 2.29. The lowest BCUT2D eigenvalue weighted by Gasteiger charge is -2.01. The minimum absolute atomic E-state index is 0.0316. The van der Waals surface area contributed by atoms with E-state index in [0.717, 1.165) is 0 Å². The number of phenols is 1. The van der Waals surface area contributed by atoms with Crippen molar-refractivity contribution >= 4 is 11.6 Å². The molecule has 0 spiro atoms. The van der Waals surface area contributed by atoms with E-state index >= 15 is 0 Å². The van der Waals surface area contributed by atoms with Crippen molar-refractivity contribution in [3.63, 3.8) is 0 Å². The van der Waals surface area contributed by atoms with E-state index < -0.39 is 12.6 Å². The van der Waals surface area contributed by atoms with Gasteiger partial charge >= 0.3 is 6.18 Å². The van der Waals surface area contributed by atoms with Gasteiger partial charge in [-0.25, -0.2) is 0 Å². The maximum atomic E-state index is 12.0. The summed E-state index contributed by atoms with van der Waals surface area (Å²) in [6.45, 7) is 0. The molecular weight excluding hydrogens is 285 g/mol. The van der Waals surface area contributed by atoms with Crippen molar-refractivity contribution in [2.24, 2.45) is 0 Å². The zero-order valence-corrected chi connectivity index (χ0v) is 10.2. The zero-order chi connectivity index (χ0) is 14.0. The molecule has 0 unspecified atom stereocenters. The van der Waals surface area contributed by atoms with Crippen LogP contribution in [0.15, 0.2) is 22.7 Å². The zero-order valence-electron chi connectivity index (χ0n) is 9.41. The monoisotopic (exact) mass is 292 g/mol. The Kier molecular flexibility index (Phi) is 3.66. The maximum absolute atomic E-state index is 12.0. The molecule has 1 aromatic heterocycles. The smallest absolute Gasteiger partial charge is 0.389 e.